The number of amides is 2. The van der Waals surface area contributed by atoms with E-state index in [9.17, 15) is 9.59 Å². The minimum Gasteiger partial charge on any atom is -0.342 e. The SMILES string of the molecule is CCC(=O)N1CCCC(C(=O)N2CCC(c3ccccc3)(N(C)C)CC2)C1. The summed E-state index contributed by atoms with van der Waals surface area (Å²) >= 11 is 0. The third kappa shape index (κ3) is 4.03. The molecule has 1 aromatic rings. The maximum Gasteiger partial charge on any atom is 0.227 e. The molecule has 3 rings (SSSR count). The molecule has 0 bridgehead atoms. The van der Waals surface area contributed by atoms with Crippen LogP contribution >= 0.6 is 0 Å². The van der Waals surface area contributed by atoms with E-state index in [0.717, 1.165) is 45.3 Å². The highest BCUT2D eigenvalue weighted by molar-refractivity contribution is 5.81. The van der Waals surface area contributed by atoms with Crippen LogP contribution in [0.3, 0.4) is 0 Å². The molecule has 2 aliphatic heterocycles. The van der Waals surface area contributed by atoms with E-state index in [1.54, 1.807) is 0 Å². The Labute approximate surface area is 163 Å². The third-order valence-corrected chi connectivity index (χ3v) is 6.50. The van der Waals surface area contributed by atoms with Crippen molar-refractivity contribution in [1.29, 1.82) is 0 Å². The Balaban J connectivity index is 1.66. The summed E-state index contributed by atoms with van der Waals surface area (Å²) in [4.78, 5) is 31.4. The number of hydrogen-bond acceptors (Lipinski definition) is 3. The number of nitrogens with zero attached hydrogens (tertiary/aromatic N) is 3. The molecular formula is C22H33N3O2. The van der Waals surface area contributed by atoms with Gasteiger partial charge in [-0.15, -0.1) is 0 Å². The number of hydrogen-bond donors (Lipinski definition) is 0. The standard InChI is InChI=1S/C22H33N3O2/c1-4-20(26)25-14-8-9-18(17-25)21(27)24-15-12-22(13-16-24,23(2)3)19-10-6-5-7-11-19/h5-7,10-11,18H,4,8-9,12-17H2,1-3H3. The number of piperidine rings is 2. The van der Waals surface area contributed by atoms with Gasteiger partial charge in [-0.25, -0.2) is 0 Å². The van der Waals surface area contributed by atoms with Crippen molar-refractivity contribution in [1.82, 2.24) is 14.7 Å². The van der Waals surface area contributed by atoms with Gasteiger partial charge in [0.05, 0.1) is 5.92 Å². The van der Waals surface area contributed by atoms with Crippen LogP contribution in [0.15, 0.2) is 30.3 Å². The predicted molar refractivity (Wildman–Crippen MR) is 107 cm³/mol. The zero-order valence-electron chi connectivity index (χ0n) is 17.0. The summed E-state index contributed by atoms with van der Waals surface area (Å²) in [5.41, 5.74) is 1.33. The first-order valence-electron chi connectivity index (χ1n) is 10.3. The zero-order chi connectivity index (χ0) is 19.4. The highest BCUT2D eigenvalue weighted by Gasteiger charge is 2.40. The summed E-state index contributed by atoms with van der Waals surface area (Å²) in [6.45, 7) is 4.85. The van der Waals surface area contributed by atoms with E-state index in [4.69, 9.17) is 0 Å². The van der Waals surface area contributed by atoms with Gasteiger partial charge < -0.3 is 9.80 Å². The van der Waals surface area contributed by atoms with Crippen molar-refractivity contribution in [2.75, 3.05) is 40.3 Å². The molecule has 148 valence electrons. The van der Waals surface area contributed by atoms with Crippen LogP contribution in [0, 0.1) is 5.92 Å². The summed E-state index contributed by atoms with van der Waals surface area (Å²) in [6.07, 6.45) is 4.25. The quantitative estimate of drug-likeness (QED) is 0.817. The molecule has 5 nitrogen and oxygen atoms in total. The maximum atomic E-state index is 13.1. The minimum absolute atomic E-state index is 0.00514. The molecule has 2 aliphatic rings. The van der Waals surface area contributed by atoms with Crippen molar-refractivity contribution in [3.05, 3.63) is 35.9 Å². The molecule has 2 heterocycles. The van der Waals surface area contributed by atoms with E-state index in [0.29, 0.717) is 13.0 Å². The number of benzene rings is 1. The highest BCUT2D eigenvalue weighted by Crippen LogP contribution is 2.37. The molecule has 0 spiro atoms. The van der Waals surface area contributed by atoms with Crippen LogP contribution in [0.2, 0.25) is 0 Å². The summed E-state index contributed by atoms with van der Waals surface area (Å²) in [5.74, 6) is 0.378. The summed E-state index contributed by atoms with van der Waals surface area (Å²) in [5, 5.41) is 0. The van der Waals surface area contributed by atoms with Crippen LogP contribution in [-0.2, 0) is 15.1 Å². The average molecular weight is 372 g/mol. The Kier molecular flexibility index (Phi) is 6.20. The second-order valence-electron chi connectivity index (χ2n) is 8.15. The van der Waals surface area contributed by atoms with E-state index in [2.05, 4.69) is 49.3 Å². The van der Waals surface area contributed by atoms with E-state index in [1.807, 2.05) is 16.7 Å². The van der Waals surface area contributed by atoms with Crippen LogP contribution in [0.1, 0.15) is 44.6 Å². The van der Waals surface area contributed by atoms with Gasteiger partial charge in [-0.3, -0.25) is 14.5 Å². The van der Waals surface area contributed by atoms with Crippen LogP contribution < -0.4 is 0 Å². The van der Waals surface area contributed by atoms with Gasteiger partial charge in [0.25, 0.3) is 0 Å². The lowest BCUT2D eigenvalue weighted by molar-refractivity contribution is -0.142. The molecule has 0 saturated carbocycles. The lowest BCUT2D eigenvalue weighted by Crippen LogP contribution is -2.54. The second-order valence-corrected chi connectivity index (χ2v) is 8.15. The first kappa shape index (κ1) is 19.9. The molecule has 2 fully saturated rings. The average Bonchev–Trinajstić information content (AvgIpc) is 2.73. The Hall–Kier alpha value is -1.88. The molecule has 2 saturated heterocycles. The molecule has 1 atom stereocenters. The maximum absolute atomic E-state index is 13.1. The van der Waals surface area contributed by atoms with Gasteiger partial charge in [0.2, 0.25) is 11.8 Å². The zero-order valence-corrected chi connectivity index (χ0v) is 17.0. The van der Waals surface area contributed by atoms with Crippen molar-refractivity contribution in [2.45, 2.75) is 44.6 Å². The fourth-order valence-electron chi connectivity index (χ4n) is 4.73. The summed E-state index contributed by atoms with van der Waals surface area (Å²) in [6, 6.07) is 10.6. The van der Waals surface area contributed by atoms with E-state index >= 15 is 0 Å². The molecule has 27 heavy (non-hydrogen) atoms. The number of likely N-dealkylation sites (tertiary alicyclic amines) is 2. The van der Waals surface area contributed by atoms with E-state index in [1.165, 1.54) is 5.56 Å². The molecule has 1 unspecified atom stereocenters. The van der Waals surface area contributed by atoms with Crippen molar-refractivity contribution < 1.29 is 9.59 Å². The Bertz CT molecular complexity index is 651. The predicted octanol–water partition coefficient (Wildman–Crippen LogP) is 2.71. The third-order valence-electron chi connectivity index (χ3n) is 6.50. The molecule has 0 aliphatic carbocycles. The van der Waals surface area contributed by atoms with Crippen molar-refractivity contribution in [3.63, 3.8) is 0 Å². The first-order valence-corrected chi connectivity index (χ1v) is 10.3. The first-order chi connectivity index (χ1) is 13.0. The molecule has 0 aromatic heterocycles. The minimum atomic E-state index is -0.0298. The number of carbonyl (C=O) groups excluding carboxylic acids is 2. The smallest absolute Gasteiger partial charge is 0.227 e. The summed E-state index contributed by atoms with van der Waals surface area (Å²) < 4.78 is 0. The second kappa shape index (κ2) is 8.42. The molecule has 2 amide bonds. The normalized spacial score (nSPS) is 22.7. The van der Waals surface area contributed by atoms with Crippen LogP contribution in [0.25, 0.3) is 0 Å². The monoisotopic (exact) mass is 371 g/mol. The topological polar surface area (TPSA) is 43.9 Å². The highest BCUT2D eigenvalue weighted by atomic mass is 16.2. The molecule has 1 aromatic carbocycles. The van der Waals surface area contributed by atoms with E-state index < -0.39 is 0 Å². The van der Waals surface area contributed by atoms with Gasteiger partial charge in [0.1, 0.15) is 0 Å². The van der Waals surface area contributed by atoms with Crippen LogP contribution in [-0.4, -0.2) is 66.8 Å². The van der Waals surface area contributed by atoms with Gasteiger partial charge >= 0.3 is 0 Å². The lowest BCUT2D eigenvalue weighted by atomic mass is 9.79. The van der Waals surface area contributed by atoms with Gasteiger partial charge in [-0.2, -0.15) is 0 Å². The molecule has 5 heteroatoms. The molecular weight excluding hydrogens is 338 g/mol. The van der Waals surface area contributed by atoms with Crippen molar-refractivity contribution in [3.8, 4) is 0 Å². The Morgan fingerprint density at radius 2 is 1.74 bits per heavy atom. The van der Waals surface area contributed by atoms with Crippen molar-refractivity contribution in [2.24, 2.45) is 5.92 Å². The van der Waals surface area contributed by atoms with E-state index in [-0.39, 0.29) is 23.3 Å². The van der Waals surface area contributed by atoms with Crippen LogP contribution in [0.5, 0.6) is 0 Å². The van der Waals surface area contributed by atoms with Gasteiger partial charge in [0.15, 0.2) is 0 Å². The van der Waals surface area contributed by atoms with Crippen molar-refractivity contribution >= 4 is 11.8 Å². The van der Waals surface area contributed by atoms with Gasteiger partial charge in [0, 0.05) is 38.1 Å². The molecule has 0 N–H and O–H groups in total. The van der Waals surface area contributed by atoms with Gasteiger partial charge in [-0.1, -0.05) is 37.3 Å². The largest absolute Gasteiger partial charge is 0.342 e. The number of rotatable bonds is 4. The fourth-order valence-corrected chi connectivity index (χ4v) is 4.73. The van der Waals surface area contributed by atoms with Gasteiger partial charge in [-0.05, 0) is 45.3 Å². The Morgan fingerprint density at radius 3 is 2.33 bits per heavy atom. The molecule has 0 radical (unpaired) electrons. The van der Waals surface area contributed by atoms with Crippen LogP contribution in [0.4, 0.5) is 0 Å². The number of carbonyl (C=O) groups is 2. The lowest BCUT2D eigenvalue weighted by Gasteiger charge is -2.47. The Morgan fingerprint density at radius 1 is 1.07 bits per heavy atom. The fraction of sp³-hybridized carbons (Fsp3) is 0.636. The summed E-state index contributed by atoms with van der Waals surface area (Å²) in [7, 11) is 4.28.